The number of halogens is 1. The van der Waals surface area contributed by atoms with E-state index in [1.807, 2.05) is 0 Å². The summed E-state index contributed by atoms with van der Waals surface area (Å²) in [6.45, 7) is -0.302. The molecule has 2 unspecified atom stereocenters. The molecular weight excluding hydrogens is 307 g/mol. The van der Waals surface area contributed by atoms with Crippen LogP contribution in [0.2, 0.25) is 0 Å². The van der Waals surface area contributed by atoms with Crippen molar-refractivity contribution >= 4 is 24.2 Å². The summed E-state index contributed by atoms with van der Waals surface area (Å²) in [5.41, 5.74) is 2.43. The molecule has 5 amide bonds. The van der Waals surface area contributed by atoms with Crippen molar-refractivity contribution in [3.8, 4) is 0 Å². The number of urea groups is 2. The molecule has 3 rings (SSSR count). The van der Waals surface area contributed by atoms with Crippen molar-refractivity contribution in [1.82, 2.24) is 26.3 Å². The van der Waals surface area contributed by atoms with Gasteiger partial charge in [0.25, 0.3) is 5.91 Å². The van der Waals surface area contributed by atoms with Crippen LogP contribution >= 0.6 is 0 Å². The zero-order valence-corrected chi connectivity index (χ0v) is 11.7. The van der Waals surface area contributed by atoms with E-state index in [1.165, 1.54) is 24.4 Å². The van der Waals surface area contributed by atoms with Crippen molar-refractivity contribution in [2.45, 2.75) is 12.3 Å². The Morgan fingerprint density at radius 1 is 1.30 bits per heavy atom. The second kappa shape index (κ2) is 5.91. The molecule has 23 heavy (non-hydrogen) atoms. The molecule has 0 saturated carbocycles. The Bertz CT molecular complexity index is 694. The molecular formula is C13H13FN6O3. The van der Waals surface area contributed by atoms with Gasteiger partial charge in [0.1, 0.15) is 24.7 Å². The molecule has 0 radical (unpaired) electrons. The summed E-state index contributed by atoms with van der Waals surface area (Å²) >= 11 is 0. The number of hydrazone groups is 1. The van der Waals surface area contributed by atoms with Gasteiger partial charge in [0, 0.05) is 5.56 Å². The lowest BCUT2D eigenvalue weighted by Gasteiger charge is -2.19. The smallest absolute Gasteiger partial charge is 0.314 e. The van der Waals surface area contributed by atoms with Crippen LogP contribution in [0.1, 0.15) is 5.56 Å². The summed E-state index contributed by atoms with van der Waals surface area (Å²) in [7, 11) is 0. The highest BCUT2D eigenvalue weighted by atomic mass is 19.1. The van der Waals surface area contributed by atoms with E-state index >= 15 is 0 Å². The van der Waals surface area contributed by atoms with Crippen LogP contribution in [0, 0.1) is 5.82 Å². The van der Waals surface area contributed by atoms with Crippen molar-refractivity contribution < 1.29 is 18.8 Å². The Hall–Kier alpha value is -3.17. The van der Waals surface area contributed by atoms with E-state index in [-0.39, 0.29) is 12.1 Å². The highest BCUT2D eigenvalue weighted by molar-refractivity contribution is 5.89. The fraction of sp³-hybridized carbons (Fsp3) is 0.231. The van der Waals surface area contributed by atoms with Gasteiger partial charge in [-0.1, -0.05) is 18.2 Å². The molecule has 1 aromatic carbocycles. The highest BCUT2D eigenvalue weighted by Gasteiger charge is 2.45. The van der Waals surface area contributed by atoms with Crippen LogP contribution in [0.5, 0.6) is 0 Å². The molecule has 4 N–H and O–H groups in total. The number of benzene rings is 1. The molecule has 2 aliphatic rings. The number of nitrogens with one attached hydrogen (secondary N) is 4. The van der Waals surface area contributed by atoms with E-state index in [9.17, 15) is 18.8 Å². The minimum atomic E-state index is -0.642. The van der Waals surface area contributed by atoms with Gasteiger partial charge in [-0.05, 0) is 6.07 Å². The molecule has 2 saturated heterocycles. The minimum Gasteiger partial charge on any atom is -0.314 e. The number of carbonyl (C=O) groups is 3. The molecule has 2 aliphatic heterocycles. The summed E-state index contributed by atoms with van der Waals surface area (Å²) in [4.78, 5) is 35.9. The van der Waals surface area contributed by atoms with Crippen LogP contribution in [0.3, 0.4) is 0 Å². The predicted molar refractivity (Wildman–Crippen MR) is 76.6 cm³/mol. The van der Waals surface area contributed by atoms with E-state index in [4.69, 9.17) is 0 Å². The van der Waals surface area contributed by atoms with Crippen LogP contribution < -0.4 is 21.4 Å². The molecule has 1 aromatic rings. The van der Waals surface area contributed by atoms with Gasteiger partial charge in [0.15, 0.2) is 0 Å². The molecule has 120 valence electrons. The highest BCUT2D eigenvalue weighted by Crippen LogP contribution is 2.13. The van der Waals surface area contributed by atoms with E-state index in [2.05, 4.69) is 26.5 Å². The maximum Gasteiger partial charge on any atom is 0.321 e. The minimum absolute atomic E-state index is 0.221. The van der Waals surface area contributed by atoms with Gasteiger partial charge >= 0.3 is 12.1 Å². The molecule has 2 fully saturated rings. The first kappa shape index (κ1) is 14.8. The van der Waals surface area contributed by atoms with E-state index in [1.54, 1.807) is 6.07 Å². The van der Waals surface area contributed by atoms with Crippen molar-refractivity contribution in [2.75, 3.05) is 6.54 Å². The van der Waals surface area contributed by atoms with Crippen LogP contribution in [-0.4, -0.2) is 48.0 Å². The lowest BCUT2D eigenvalue weighted by atomic mass is 10.2. The first-order valence-corrected chi connectivity index (χ1v) is 6.75. The van der Waals surface area contributed by atoms with E-state index < -0.39 is 36.1 Å². The van der Waals surface area contributed by atoms with Gasteiger partial charge in [0.2, 0.25) is 0 Å². The average Bonchev–Trinajstić information content (AvgIpc) is 2.98. The maximum absolute atomic E-state index is 13.4. The van der Waals surface area contributed by atoms with Crippen LogP contribution in [0.15, 0.2) is 29.4 Å². The fourth-order valence-electron chi connectivity index (χ4n) is 2.31. The monoisotopic (exact) mass is 320 g/mol. The van der Waals surface area contributed by atoms with Crippen molar-refractivity contribution in [3.05, 3.63) is 35.6 Å². The van der Waals surface area contributed by atoms with Gasteiger partial charge < -0.3 is 16.0 Å². The summed E-state index contributed by atoms with van der Waals surface area (Å²) < 4.78 is 13.4. The van der Waals surface area contributed by atoms with Gasteiger partial charge in [-0.15, -0.1) is 0 Å². The largest absolute Gasteiger partial charge is 0.321 e. The number of fused-ring (bicyclic) bond motifs is 1. The van der Waals surface area contributed by atoms with Crippen molar-refractivity contribution in [1.29, 1.82) is 0 Å². The van der Waals surface area contributed by atoms with Gasteiger partial charge in [0.05, 0.1) is 6.21 Å². The van der Waals surface area contributed by atoms with Crippen molar-refractivity contribution in [2.24, 2.45) is 5.10 Å². The summed E-state index contributed by atoms with van der Waals surface area (Å²) in [6.07, 6.45) is -0.0556. The van der Waals surface area contributed by atoms with Gasteiger partial charge in [-0.2, -0.15) is 5.10 Å². The summed E-state index contributed by atoms with van der Waals surface area (Å²) in [5, 5.41) is 11.2. The zero-order valence-electron chi connectivity index (χ0n) is 11.7. The molecule has 10 heteroatoms. The number of carbonyl (C=O) groups excluding carboxylic acids is 3. The topological polar surface area (TPSA) is 115 Å². The fourth-order valence-corrected chi connectivity index (χ4v) is 2.31. The number of rotatable bonds is 4. The second-order valence-corrected chi connectivity index (χ2v) is 4.93. The van der Waals surface area contributed by atoms with Gasteiger partial charge in [-0.3, -0.25) is 9.69 Å². The van der Waals surface area contributed by atoms with Crippen molar-refractivity contribution in [3.63, 3.8) is 0 Å². The lowest BCUT2D eigenvalue weighted by Crippen LogP contribution is -2.47. The number of hydrogen-bond acceptors (Lipinski definition) is 4. The Labute approximate surface area is 129 Å². The Balaban J connectivity index is 1.56. The number of amides is 5. The second-order valence-electron chi connectivity index (χ2n) is 4.93. The standard InChI is InChI=1S/C13H13FN6O3/c14-8-4-2-1-3-7(8)5-15-19-9(21)6-20-11-10(17-13(20)23)16-12(22)18-11/h1-5,10-11H,6H2,(H,17,23)(H,19,21)(H2,16,18,22)/b15-5+. The third kappa shape index (κ3) is 3.05. The van der Waals surface area contributed by atoms with E-state index in [0.717, 1.165) is 4.90 Å². The van der Waals surface area contributed by atoms with E-state index in [0.29, 0.717) is 0 Å². The quantitative estimate of drug-likeness (QED) is 0.433. The summed E-state index contributed by atoms with van der Waals surface area (Å²) in [5.74, 6) is -1.04. The SMILES string of the molecule is O=C(CN1C(=O)NC2NC(=O)NC21)N/N=C/c1ccccc1F. The normalized spacial score (nSPS) is 22.6. The maximum atomic E-state index is 13.4. The molecule has 0 aliphatic carbocycles. The Morgan fingerprint density at radius 2 is 2.09 bits per heavy atom. The molecule has 2 heterocycles. The van der Waals surface area contributed by atoms with Crippen LogP contribution in [0.4, 0.5) is 14.0 Å². The molecule has 0 bridgehead atoms. The third-order valence-corrected chi connectivity index (χ3v) is 3.37. The van der Waals surface area contributed by atoms with Gasteiger partial charge in [-0.25, -0.2) is 19.4 Å². The summed E-state index contributed by atoms with van der Waals surface area (Å²) in [6, 6.07) is 5.04. The average molecular weight is 320 g/mol. The number of nitrogens with zero attached hydrogens (tertiary/aromatic N) is 2. The zero-order chi connectivity index (χ0) is 16.4. The Kier molecular flexibility index (Phi) is 3.79. The third-order valence-electron chi connectivity index (χ3n) is 3.37. The first-order chi connectivity index (χ1) is 11.0. The predicted octanol–water partition coefficient (Wildman–Crippen LogP) is -0.734. The first-order valence-electron chi connectivity index (χ1n) is 6.75. The van der Waals surface area contributed by atoms with Crippen LogP contribution in [-0.2, 0) is 4.79 Å². The molecule has 2 atom stereocenters. The molecule has 9 nitrogen and oxygen atoms in total. The lowest BCUT2D eigenvalue weighted by molar-refractivity contribution is -0.121. The molecule has 0 aromatic heterocycles. The Morgan fingerprint density at radius 3 is 2.87 bits per heavy atom. The number of hydrogen-bond donors (Lipinski definition) is 4. The van der Waals surface area contributed by atoms with Crippen LogP contribution in [0.25, 0.3) is 0 Å². The molecule has 0 spiro atoms.